The monoisotopic (exact) mass is 355 g/mol. The van der Waals surface area contributed by atoms with Crippen molar-refractivity contribution < 1.29 is 0 Å². The number of nitrogens with zero attached hydrogens (tertiary/aromatic N) is 3. The van der Waals surface area contributed by atoms with E-state index < -0.39 is 0 Å². The van der Waals surface area contributed by atoms with E-state index in [0.717, 1.165) is 31.2 Å². The van der Waals surface area contributed by atoms with Crippen molar-refractivity contribution in [2.24, 2.45) is 0 Å². The van der Waals surface area contributed by atoms with Gasteiger partial charge in [-0.05, 0) is 61.7 Å². The van der Waals surface area contributed by atoms with Gasteiger partial charge in [0.2, 0.25) is 0 Å². The molecule has 0 atom stereocenters. The van der Waals surface area contributed by atoms with Gasteiger partial charge in [-0.25, -0.2) is 0 Å². The molecule has 0 bridgehead atoms. The van der Waals surface area contributed by atoms with Crippen LogP contribution in [0.25, 0.3) is 0 Å². The summed E-state index contributed by atoms with van der Waals surface area (Å²) < 4.78 is 0. The lowest BCUT2D eigenvalue weighted by Crippen LogP contribution is -2.46. The number of piperazine rings is 1. The lowest BCUT2D eigenvalue weighted by Gasteiger charge is -2.38. The summed E-state index contributed by atoms with van der Waals surface area (Å²) in [5.41, 5.74) is 4.02. The molecule has 0 radical (unpaired) electrons. The van der Waals surface area contributed by atoms with Gasteiger partial charge in [-0.15, -0.1) is 0 Å². The van der Waals surface area contributed by atoms with Crippen LogP contribution in [0.1, 0.15) is 19.3 Å². The van der Waals surface area contributed by atoms with Gasteiger partial charge in [0.25, 0.3) is 0 Å². The first-order valence-corrected chi connectivity index (χ1v) is 9.78. The van der Waals surface area contributed by atoms with Crippen LogP contribution in [-0.2, 0) is 0 Å². The SMILES string of the molecule is Clc1ccc(N2CCN(c3cccc(N4CCCCC4)c3)CC2)cc1. The zero-order valence-electron chi connectivity index (χ0n) is 14.7. The Bertz CT molecular complexity index is 687. The van der Waals surface area contributed by atoms with E-state index >= 15 is 0 Å². The predicted molar refractivity (Wildman–Crippen MR) is 108 cm³/mol. The topological polar surface area (TPSA) is 9.72 Å². The van der Waals surface area contributed by atoms with Crippen LogP contribution >= 0.6 is 11.6 Å². The zero-order valence-corrected chi connectivity index (χ0v) is 15.5. The van der Waals surface area contributed by atoms with E-state index in [1.165, 1.54) is 49.4 Å². The third-order valence-electron chi connectivity index (χ3n) is 5.39. The maximum atomic E-state index is 6.00. The van der Waals surface area contributed by atoms with Crippen molar-refractivity contribution in [3.05, 3.63) is 53.6 Å². The Morgan fingerprint density at radius 1 is 0.560 bits per heavy atom. The third kappa shape index (κ3) is 3.87. The quantitative estimate of drug-likeness (QED) is 0.793. The molecule has 0 aromatic heterocycles. The van der Waals surface area contributed by atoms with Crippen LogP contribution in [0.5, 0.6) is 0 Å². The number of anilines is 3. The minimum atomic E-state index is 0.803. The van der Waals surface area contributed by atoms with E-state index in [1.807, 2.05) is 12.1 Å². The highest BCUT2D eigenvalue weighted by Crippen LogP contribution is 2.27. The molecule has 3 nitrogen and oxygen atoms in total. The summed E-state index contributed by atoms with van der Waals surface area (Å²) in [6, 6.07) is 17.3. The standard InChI is InChI=1S/C21H26ClN3/c22-18-7-9-19(10-8-18)24-13-15-25(16-14-24)21-6-4-5-20(17-21)23-11-2-1-3-12-23/h4-10,17H,1-3,11-16H2. The Morgan fingerprint density at radius 2 is 1.08 bits per heavy atom. The second kappa shape index (κ2) is 7.57. The molecule has 4 heteroatoms. The highest BCUT2D eigenvalue weighted by molar-refractivity contribution is 6.30. The van der Waals surface area contributed by atoms with Crippen LogP contribution in [0.15, 0.2) is 48.5 Å². The molecule has 0 N–H and O–H groups in total. The first-order chi connectivity index (χ1) is 12.3. The number of hydrogen-bond donors (Lipinski definition) is 0. The average molecular weight is 356 g/mol. The molecule has 0 saturated carbocycles. The molecule has 0 aliphatic carbocycles. The maximum absolute atomic E-state index is 6.00. The summed E-state index contributed by atoms with van der Waals surface area (Å²) in [7, 11) is 0. The van der Waals surface area contributed by atoms with Crippen molar-refractivity contribution in [2.75, 3.05) is 54.0 Å². The molecule has 132 valence electrons. The Balaban J connectivity index is 1.41. The Hall–Kier alpha value is -1.87. The van der Waals surface area contributed by atoms with Crippen LogP contribution in [0, 0.1) is 0 Å². The summed E-state index contributed by atoms with van der Waals surface area (Å²) in [5.74, 6) is 0. The average Bonchev–Trinajstić information content (AvgIpc) is 2.70. The molecule has 4 rings (SSSR count). The summed E-state index contributed by atoms with van der Waals surface area (Å²) in [6.45, 7) is 6.63. The normalized spacial score (nSPS) is 18.5. The van der Waals surface area contributed by atoms with Crippen LogP contribution in [0.4, 0.5) is 17.1 Å². The van der Waals surface area contributed by atoms with Crippen molar-refractivity contribution in [3.8, 4) is 0 Å². The fourth-order valence-corrected chi connectivity index (χ4v) is 4.04. The fraction of sp³-hybridized carbons (Fsp3) is 0.429. The molecule has 2 aromatic carbocycles. The number of piperidine rings is 1. The summed E-state index contributed by atoms with van der Waals surface area (Å²) in [5, 5.41) is 0.803. The van der Waals surface area contributed by atoms with Crippen molar-refractivity contribution in [1.82, 2.24) is 0 Å². The second-order valence-electron chi connectivity index (χ2n) is 7.02. The molecule has 2 aliphatic heterocycles. The van der Waals surface area contributed by atoms with Gasteiger partial charge in [-0.2, -0.15) is 0 Å². The van der Waals surface area contributed by atoms with Crippen LogP contribution in [0.2, 0.25) is 5.02 Å². The number of hydrogen-bond acceptors (Lipinski definition) is 3. The lowest BCUT2D eigenvalue weighted by molar-refractivity contribution is 0.577. The Morgan fingerprint density at radius 3 is 1.68 bits per heavy atom. The molecule has 2 aromatic rings. The molecule has 2 saturated heterocycles. The van der Waals surface area contributed by atoms with E-state index in [-0.39, 0.29) is 0 Å². The number of benzene rings is 2. The zero-order chi connectivity index (χ0) is 17.1. The minimum Gasteiger partial charge on any atom is -0.371 e. The van der Waals surface area contributed by atoms with E-state index in [4.69, 9.17) is 11.6 Å². The second-order valence-corrected chi connectivity index (χ2v) is 7.45. The molecule has 0 unspecified atom stereocenters. The van der Waals surface area contributed by atoms with E-state index in [1.54, 1.807) is 0 Å². The first kappa shape index (κ1) is 16.6. The molecular formula is C21H26ClN3. The summed E-state index contributed by atoms with van der Waals surface area (Å²) in [6.07, 6.45) is 4.02. The maximum Gasteiger partial charge on any atom is 0.0407 e. The number of rotatable bonds is 3. The largest absolute Gasteiger partial charge is 0.371 e. The molecule has 2 heterocycles. The number of halogens is 1. The first-order valence-electron chi connectivity index (χ1n) is 9.40. The van der Waals surface area contributed by atoms with Crippen LogP contribution in [0.3, 0.4) is 0 Å². The highest BCUT2D eigenvalue weighted by atomic mass is 35.5. The van der Waals surface area contributed by atoms with Crippen LogP contribution < -0.4 is 14.7 Å². The summed E-state index contributed by atoms with van der Waals surface area (Å²) in [4.78, 5) is 7.50. The minimum absolute atomic E-state index is 0.803. The van der Waals surface area contributed by atoms with Gasteiger partial charge in [-0.1, -0.05) is 17.7 Å². The Labute approximate surface area is 155 Å². The van der Waals surface area contributed by atoms with Gasteiger partial charge in [-0.3, -0.25) is 0 Å². The van der Waals surface area contributed by atoms with E-state index in [9.17, 15) is 0 Å². The molecule has 25 heavy (non-hydrogen) atoms. The molecule has 2 aliphatic rings. The summed E-state index contributed by atoms with van der Waals surface area (Å²) >= 11 is 6.00. The predicted octanol–water partition coefficient (Wildman–Crippen LogP) is 4.66. The third-order valence-corrected chi connectivity index (χ3v) is 5.64. The van der Waals surface area contributed by atoms with Crippen molar-refractivity contribution >= 4 is 28.7 Å². The van der Waals surface area contributed by atoms with E-state index in [2.05, 4.69) is 51.1 Å². The van der Waals surface area contributed by atoms with Crippen molar-refractivity contribution in [3.63, 3.8) is 0 Å². The fourth-order valence-electron chi connectivity index (χ4n) is 3.91. The van der Waals surface area contributed by atoms with Crippen molar-refractivity contribution in [2.45, 2.75) is 19.3 Å². The van der Waals surface area contributed by atoms with Crippen molar-refractivity contribution in [1.29, 1.82) is 0 Å². The molecule has 0 spiro atoms. The lowest BCUT2D eigenvalue weighted by atomic mass is 10.1. The van der Waals surface area contributed by atoms with Crippen LogP contribution in [-0.4, -0.2) is 39.3 Å². The Kier molecular flexibility index (Phi) is 5.02. The van der Waals surface area contributed by atoms with Gasteiger partial charge in [0.05, 0.1) is 0 Å². The smallest absolute Gasteiger partial charge is 0.0407 e. The van der Waals surface area contributed by atoms with Gasteiger partial charge in [0.15, 0.2) is 0 Å². The van der Waals surface area contributed by atoms with Gasteiger partial charge < -0.3 is 14.7 Å². The molecular weight excluding hydrogens is 330 g/mol. The van der Waals surface area contributed by atoms with Gasteiger partial charge >= 0.3 is 0 Å². The van der Waals surface area contributed by atoms with E-state index in [0.29, 0.717) is 0 Å². The molecule has 0 amide bonds. The van der Waals surface area contributed by atoms with Gasteiger partial charge in [0.1, 0.15) is 0 Å². The molecule has 2 fully saturated rings. The van der Waals surface area contributed by atoms with Gasteiger partial charge in [0, 0.05) is 61.4 Å². The highest BCUT2D eigenvalue weighted by Gasteiger charge is 2.19.